The molecule has 1 aromatic heterocycles. The largest absolute Gasteiger partial charge is 0.382 e. The third kappa shape index (κ3) is 1.58. The van der Waals surface area contributed by atoms with Gasteiger partial charge in [-0.05, 0) is 18.6 Å². The van der Waals surface area contributed by atoms with Crippen LogP contribution in [0.1, 0.15) is 5.56 Å². The maximum Gasteiger partial charge on any atom is 0.299 e. The lowest BCUT2D eigenvalue weighted by atomic mass is 10.2. The van der Waals surface area contributed by atoms with Crippen LogP contribution in [0.4, 0.5) is 0 Å². The first kappa shape index (κ1) is 9.42. The van der Waals surface area contributed by atoms with Crippen molar-refractivity contribution in [3.63, 3.8) is 0 Å². The van der Waals surface area contributed by atoms with Crippen LogP contribution >= 0.6 is 11.3 Å². The fourth-order valence-electron chi connectivity index (χ4n) is 1.19. The van der Waals surface area contributed by atoms with Crippen LogP contribution in [0.5, 0.6) is 5.75 Å². The molecule has 0 atom stereocenters. The maximum absolute atomic E-state index is 10.5. The average molecular weight is 229 g/mol. The molecule has 1 aromatic carbocycles. The molecule has 2 aromatic rings. The van der Waals surface area contributed by atoms with Gasteiger partial charge in [0.05, 0.1) is 15.7 Å². The standard InChI is InChI=1S/C8H7NO3S2/c1-5-2-3-6-8(13-4-9-6)7(5)12-14(10)11/h2-4,14H,1H3. The van der Waals surface area contributed by atoms with Crippen LogP contribution in [0.3, 0.4) is 0 Å². The molecule has 0 aliphatic rings. The summed E-state index contributed by atoms with van der Waals surface area (Å²) in [4.78, 5) is 4.07. The molecular weight excluding hydrogens is 222 g/mol. The minimum atomic E-state index is -2.87. The molecule has 0 aliphatic carbocycles. The van der Waals surface area contributed by atoms with Gasteiger partial charge in [0, 0.05) is 0 Å². The van der Waals surface area contributed by atoms with E-state index in [1.165, 1.54) is 11.3 Å². The van der Waals surface area contributed by atoms with Crippen LogP contribution in [0, 0.1) is 6.92 Å². The highest BCUT2D eigenvalue weighted by Gasteiger charge is 2.08. The molecule has 0 bridgehead atoms. The second-order valence-corrected chi connectivity index (χ2v) is 4.21. The minimum absolute atomic E-state index is 0.390. The van der Waals surface area contributed by atoms with Crippen molar-refractivity contribution in [2.75, 3.05) is 0 Å². The highest BCUT2D eigenvalue weighted by atomic mass is 32.2. The number of benzene rings is 1. The van der Waals surface area contributed by atoms with Crippen molar-refractivity contribution in [2.45, 2.75) is 6.92 Å². The third-order valence-electron chi connectivity index (χ3n) is 1.82. The number of aryl methyl sites for hydroxylation is 1. The van der Waals surface area contributed by atoms with E-state index in [1.54, 1.807) is 18.5 Å². The molecule has 14 heavy (non-hydrogen) atoms. The molecular formula is C8H7NO3S2. The number of rotatable bonds is 2. The lowest BCUT2D eigenvalue weighted by Crippen LogP contribution is -1.92. The highest BCUT2D eigenvalue weighted by Crippen LogP contribution is 2.31. The summed E-state index contributed by atoms with van der Waals surface area (Å²) < 4.78 is 26.5. The molecule has 0 spiro atoms. The van der Waals surface area contributed by atoms with Gasteiger partial charge in [0.15, 0.2) is 5.75 Å². The van der Waals surface area contributed by atoms with Crippen LogP contribution in [0.2, 0.25) is 0 Å². The van der Waals surface area contributed by atoms with E-state index >= 15 is 0 Å². The van der Waals surface area contributed by atoms with E-state index in [1.807, 2.05) is 6.07 Å². The van der Waals surface area contributed by atoms with Gasteiger partial charge in [0.2, 0.25) is 0 Å². The smallest absolute Gasteiger partial charge is 0.299 e. The van der Waals surface area contributed by atoms with E-state index in [0.29, 0.717) is 5.75 Å². The number of nitrogens with zero attached hydrogens (tertiary/aromatic N) is 1. The molecule has 0 saturated carbocycles. The second-order valence-electron chi connectivity index (χ2n) is 2.73. The van der Waals surface area contributed by atoms with E-state index in [2.05, 4.69) is 4.98 Å². The predicted molar refractivity (Wildman–Crippen MR) is 55.3 cm³/mol. The normalized spacial score (nSPS) is 11.0. The average Bonchev–Trinajstić information content (AvgIpc) is 2.57. The van der Waals surface area contributed by atoms with E-state index < -0.39 is 11.0 Å². The predicted octanol–water partition coefficient (Wildman–Crippen LogP) is 1.51. The van der Waals surface area contributed by atoms with Gasteiger partial charge in [-0.25, -0.2) is 4.98 Å². The Bertz CT molecular complexity index is 537. The molecule has 0 amide bonds. The maximum atomic E-state index is 10.5. The molecule has 0 radical (unpaired) electrons. The number of hydrogen-bond donors (Lipinski definition) is 1. The van der Waals surface area contributed by atoms with Crippen molar-refractivity contribution in [3.05, 3.63) is 23.2 Å². The molecule has 1 heterocycles. The molecule has 0 N–H and O–H groups in total. The van der Waals surface area contributed by atoms with Crippen molar-refractivity contribution >= 4 is 32.5 Å². The van der Waals surface area contributed by atoms with Crippen molar-refractivity contribution in [1.82, 2.24) is 4.98 Å². The van der Waals surface area contributed by atoms with Crippen LogP contribution in [-0.4, -0.2) is 13.4 Å². The lowest BCUT2D eigenvalue weighted by Gasteiger charge is -2.02. The molecule has 0 saturated heterocycles. The summed E-state index contributed by atoms with van der Waals surface area (Å²) in [5, 5.41) is 0. The van der Waals surface area contributed by atoms with Gasteiger partial charge in [0.25, 0.3) is 11.0 Å². The molecule has 2 rings (SSSR count). The summed E-state index contributed by atoms with van der Waals surface area (Å²) >= 11 is 1.37. The Hall–Kier alpha value is -1.14. The van der Waals surface area contributed by atoms with Crippen LogP contribution in [0.15, 0.2) is 17.6 Å². The minimum Gasteiger partial charge on any atom is -0.382 e. The van der Waals surface area contributed by atoms with E-state index in [9.17, 15) is 8.42 Å². The Labute approximate surface area is 86.3 Å². The first-order valence-electron chi connectivity index (χ1n) is 3.83. The van der Waals surface area contributed by atoms with Gasteiger partial charge in [-0.15, -0.1) is 11.3 Å². The molecule has 0 aliphatic heterocycles. The monoisotopic (exact) mass is 229 g/mol. The zero-order valence-electron chi connectivity index (χ0n) is 7.26. The SMILES string of the molecule is Cc1ccc2ncsc2c1O[SH](=O)=O. The first-order chi connectivity index (χ1) is 6.68. The Morgan fingerprint density at radius 2 is 2.21 bits per heavy atom. The topological polar surface area (TPSA) is 56.3 Å². The van der Waals surface area contributed by atoms with Crippen molar-refractivity contribution in [1.29, 1.82) is 0 Å². The third-order valence-corrected chi connectivity index (χ3v) is 2.99. The summed E-state index contributed by atoms with van der Waals surface area (Å²) in [7, 11) is -2.87. The number of thiazole rings is 1. The van der Waals surface area contributed by atoms with E-state index in [4.69, 9.17) is 4.18 Å². The van der Waals surface area contributed by atoms with Gasteiger partial charge in [0.1, 0.15) is 0 Å². The first-order valence-corrected chi connectivity index (χ1v) is 5.81. The van der Waals surface area contributed by atoms with Gasteiger partial charge in [-0.2, -0.15) is 8.42 Å². The number of hydrogen-bond acceptors (Lipinski definition) is 5. The molecule has 4 nitrogen and oxygen atoms in total. The van der Waals surface area contributed by atoms with E-state index in [-0.39, 0.29) is 0 Å². The quantitative estimate of drug-likeness (QED) is 0.793. The number of fused-ring (bicyclic) bond motifs is 1. The molecule has 0 fully saturated rings. The summed E-state index contributed by atoms with van der Waals surface area (Å²) in [6, 6.07) is 3.63. The van der Waals surface area contributed by atoms with Gasteiger partial charge in [-0.3, -0.25) is 0 Å². The Kier molecular flexibility index (Phi) is 2.39. The Morgan fingerprint density at radius 3 is 2.93 bits per heavy atom. The Balaban J connectivity index is 2.69. The number of aromatic nitrogens is 1. The van der Waals surface area contributed by atoms with Gasteiger partial charge < -0.3 is 4.18 Å². The Morgan fingerprint density at radius 1 is 1.43 bits per heavy atom. The zero-order chi connectivity index (χ0) is 10.1. The van der Waals surface area contributed by atoms with E-state index in [0.717, 1.165) is 15.8 Å². The second kappa shape index (κ2) is 3.55. The van der Waals surface area contributed by atoms with Gasteiger partial charge in [-0.1, -0.05) is 6.07 Å². The molecule has 0 unspecified atom stereocenters. The molecule has 74 valence electrons. The van der Waals surface area contributed by atoms with Crippen molar-refractivity contribution in [2.24, 2.45) is 0 Å². The van der Waals surface area contributed by atoms with Crippen LogP contribution in [-0.2, 0) is 11.0 Å². The van der Waals surface area contributed by atoms with Crippen molar-refractivity contribution < 1.29 is 12.6 Å². The fourth-order valence-corrected chi connectivity index (χ4v) is 2.46. The summed E-state index contributed by atoms with van der Waals surface area (Å²) in [6.07, 6.45) is 0. The van der Waals surface area contributed by atoms with Crippen LogP contribution < -0.4 is 4.18 Å². The highest BCUT2D eigenvalue weighted by molar-refractivity contribution is 7.67. The van der Waals surface area contributed by atoms with Crippen LogP contribution in [0.25, 0.3) is 10.2 Å². The molecule has 6 heteroatoms. The lowest BCUT2D eigenvalue weighted by molar-refractivity contribution is 0.512. The fraction of sp³-hybridized carbons (Fsp3) is 0.125. The number of thiol groups is 1. The summed E-state index contributed by atoms with van der Waals surface area (Å²) in [5.41, 5.74) is 3.21. The zero-order valence-corrected chi connectivity index (χ0v) is 8.97. The summed E-state index contributed by atoms with van der Waals surface area (Å²) in [6.45, 7) is 1.80. The van der Waals surface area contributed by atoms with Crippen molar-refractivity contribution in [3.8, 4) is 5.75 Å². The summed E-state index contributed by atoms with van der Waals surface area (Å²) in [5.74, 6) is 0.390. The van der Waals surface area contributed by atoms with Gasteiger partial charge >= 0.3 is 0 Å².